The number of piperidine rings is 1. The number of imidazole rings is 1. The van der Waals surface area contributed by atoms with Crippen LogP contribution in [-0.2, 0) is 6.54 Å². The second kappa shape index (κ2) is 9.63. The fourth-order valence-electron chi connectivity index (χ4n) is 4.20. The monoisotopic (exact) mass is 424 g/mol. The maximum Gasteiger partial charge on any atom is 0.290 e. The van der Waals surface area contributed by atoms with Crippen LogP contribution < -0.4 is 0 Å². The first-order valence-electron chi connectivity index (χ1n) is 10.9. The summed E-state index contributed by atoms with van der Waals surface area (Å²) in [5, 5.41) is 0.630. The number of amides is 1. The Morgan fingerprint density at radius 1 is 1.20 bits per heavy atom. The topological polar surface area (TPSA) is 52.2 Å². The van der Waals surface area contributed by atoms with Crippen LogP contribution in [0.25, 0.3) is 11.0 Å². The number of benzene rings is 2. The molecule has 30 heavy (non-hydrogen) atoms. The molecule has 0 atom stereocenters. The van der Waals surface area contributed by atoms with Crippen molar-refractivity contribution in [3.8, 4) is 0 Å². The van der Waals surface area contributed by atoms with Gasteiger partial charge in [0.1, 0.15) is 0 Å². The second-order valence-corrected chi connectivity index (χ2v) is 8.53. The van der Waals surface area contributed by atoms with Gasteiger partial charge < -0.3 is 14.8 Å². The zero-order valence-corrected chi connectivity index (χ0v) is 18.2. The number of hydrogen-bond acceptors (Lipinski definition) is 3. The van der Waals surface area contributed by atoms with Gasteiger partial charge in [-0.15, -0.1) is 0 Å². The number of hydrogen-bond donors (Lipinski definition) is 1. The van der Waals surface area contributed by atoms with Crippen LogP contribution in [0.15, 0.2) is 48.5 Å². The maximum absolute atomic E-state index is 13.5. The van der Waals surface area contributed by atoms with Crippen LogP contribution in [0.4, 0.5) is 0 Å². The van der Waals surface area contributed by atoms with Crippen LogP contribution in [0.5, 0.6) is 0 Å². The summed E-state index contributed by atoms with van der Waals surface area (Å²) in [5.74, 6) is 0.342. The van der Waals surface area contributed by atoms with Crippen molar-refractivity contribution >= 4 is 28.5 Å². The molecule has 1 aliphatic heterocycles. The molecule has 6 heteroatoms. The Morgan fingerprint density at radius 3 is 2.70 bits per heavy atom. The zero-order valence-electron chi connectivity index (χ0n) is 17.5. The largest absolute Gasteiger partial charge is 0.334 e. The van der Waals surface area contributed by atoms with Crippen LogP contribution in [0.1, 0.15) is 48.8 Å². The fraction of sp³-hybridized carbons (Fsp3) is 0.417. The molecular weight excluding hydrogens is 396 g/mol. The number of H-pyrrole nitrogens is 1. The molecule has 3 aromatic rings. The van der Waals surface area contributed by atoms with Gasteiger partial charge in [0.15, 0.2) is 5.82 Å². The molecule has 4 rings (SSSR count). The number of likely N-dealkylation sites (tertiary alicyclic amines) is 1. The van der Waals surface area contributed by atoms with E-state index in [1.807, 2.05) is 35.2 Å². The van der Waals surface area contributed by atoms with E-state index in [0.29, 0.717) is 17.4 Å². The molecule has 1 N–H and O–H groups in total. The molecule has 158 valence electrons. The average Bonchev–Trinajstić information content (AvgIpc) is 3.20. The van der Waals surface area contributed by atoms with E-state index in [1.165, 1.54) is 12.8 Å². The first-order chi connectivity index (χ1) is 14.6. The molecule has 0 bridgehead atoms. The summed E-state index contributed by atoms with van der Waals surface area (Å²) in [4.78, 5) is 25.8. The van der Waals surface area contributed by atoms with Gasteiger partial charge in [-0.2, -0.15) is 0 Å². The van der Waals surface area contributed by atoms with E-state index in [-0.39, 0.29) is 11.9 Å². The smallest absolute Gasteiger partial charge is 0.290 e. The molecule has 1 aromatic heterocycles. The number of nitrogens with one attached hydrogen (secondary N) is 1. The molecule has 0 radical (unpaired) electrons. The summed E-state index contributed by atoms with van der Waals surface area (Å²) in [5.41, 5.74) is 2.69. The first kappa shape index (κ1) is 20.9. The lowest BCUT2D eigenvalue weighted by molar-refractivity contribution is 0.0538. The lowest BCUT2D eigenvalue weighted by atomic mass is 10.0. The Labute approximate surface area is 183 Å². The Bertz CT molecular complexity index is 979. The van der Waals surface area contributed by atoms with Crippen molar-refractivity contribution in [3.05, 3.63) is 64.9 Å². The Hall–Kier alpha value is -2.37. The van der Waals surface area contributed by atoms with Crippen molar-refractivity contribution in [2.75, 3.05) is 19.6 Å². The van der Waals surface area contributed by atoms with Crippen LogP contribution in [0.3, 0.4) is 0 Å². The highest BCUT2D eigenvalue weighted by atomic mass is 35.5. The van der Waals surface area contributed by atoms with Crippen LogP contribution >= 0.6 is 11.6 Å². The van der Waals surface area contributed by atoms with E-state index in [0.717, 1.165) is 49.1 Å². The van der Waals surface area contributed by atoms with Gasteiger partial charge in [0.25, 0.3) is 5.91 Å². The molecule has 0 unspecified atom stereocenters. The molecule has 2 heterocycles. The molecule has 5 nitrogen and oxygen atoms in total. The third-order valence-corrected chi connectivity index (χ3v) is 6.16. The number of unbranched alkanes of at least 4 members (excludes halogenated alkanes) is 1. The van der Waals surface area contributed by atoms with Gasteiger partial charge in [0.05, 0.1) is 11.0 Å². The highest BCUT2D eigenvalue weighted by Crippen LogP contribution is 2.23. The number of carbonyl (C=O) groups is 1. The number of nitrogens with zero attached hydrogens (tertiary/aromatic N) is 3. The Balaban J connectivity index is 1.55. The van der Waals surface area contributed by atoms with Gasteiger partial charge in [-0.1, -0.05) is 55.3 Å². The molecule has 1 fully saturated rings. The number of rotatable bonds is 7. The molecular formula is C24H29ClN4O. The minimum absolute atomic E-state index is 0.0433. The molecule has 1 amide bonds. The Kier molecular flexibility index (Phi) is 6.70. The Morgan fingerprint density at radius 2 is 1.97 bits per heavy atom. The van der Waals surface area contributed by atoms with Crippen LogP contribution in [-0.4, -0.2) is 51.4 Å². The summed E-state index contributed by atoms with van der Waals surface area (Å²) in [6.45, 7) is 6.06. The van der Waals surface area contributed by atoms with E-state index < -0.39 is 0 Å². The quantitative estimate of drug-likeness (QED) is 0.572. The van der Waals surface area contributed by atoms with Gasteiger partial charge in [-0.25, -0.2) is 4.98 Å². The normalized spacial score (nSPS) is 15.5. The number of fused-ring (bicyclic) bond motifs is 1. The molecule has 0 spiro atoms. The first-order valence-corrected chi connectivity index (χ1v) is 11.2. The zero-order chi connectivity index (χ0) is 20.9. The van der Waals surface area contributed by atoms with Crippen molar-refractivity contribution < 1.29 is 4.79 Å². The summed E-state index contributed by atoms with van der Waals surface area (Å²) in [7, 11) is 0. The SMILES string of the molecule is CCCCN1CCC(N(Cc2ccccc2)C(=O)c2nc3ccc(Cl)cc3[nH]2)CC1. The highest BCUT2D eigenvalue weighted by Gasteiger charge is 2.30. The van der Waals surface area contributed by atoms with Gasteiger partial charge in [-0.05, 0) is 49.6 Å². The molecule has 0 aliphatic carbocycles. The summed E-state index contributed by atoms with van der Waals surface area (Å²) < 4.78 is 0. The molecule has 0 saturated carbocycles. The predicted octanol–water partition coefficient (Wildman–Crippen LogP) is 5.12. The van der Waals surface area contributed by atoms with Gasteiger partial charge in [-0.3, -0.25) is 4.79 Å². The van der Waals surface area contributed by atoms with Gasteiger partial charge >= 0.3 is 0 Å². The van der Waals surface area contributed by atoms with E-state index in [1.54, 1.807) is 6.07 Å². The fourth-order valence-corrected chi connectivity index (χ4v) is 4.37. The number of halogens is 1. The van der Waals surface area contributed by atoms with Crippen LogP contribution in [0, 0.1) is 0 Å². The van der Waals surface area contributed by atoms with E-state index in [2.05, 4.69) is 33.9 Å². The van der Waals surface area contributed by atoms with E-state index in [4.69, 9.17) is 11.6 Å². The molecule has 1 saturated heterocycles. The van der Waals surface area contributed by atoms with Crippen LogP contribution in [0.2, 0.25) is 5.02 Å². The van der Waals surface area contributed by atoms with Crippen molar-refractivity contribution in [2.45, 2.75) is 45.2 Å². The lowest BCUT2D eigenvalue weighted by Crippen LogP contribution is -2.47. The average molecular weight is 425 g/mol. The third kappa shape index (κ3) is 4.85. The molecule has 1 aliphatic rings. The number of aromatic amines is 1. The van der Waals surface area contributed by atoms with Gasteiger partial charge in [0.2, 0.25) is 0 Å². The maximum atomic E-state index is 13.5. The minimum Gasteiger partial charge on any atom is -0.334 e. The van der Waals surface area contributed by atoms with Crippen molar-refractivity contribution in [3.63, 3.8) is 0 Å². The minimum atomic E-state index is -0.0433. The van der Waals surface area contributed by atoms with Gasteiger partial charge in [0, 0.05) is 30.7 Å². The van der Waals surface area contributed by atoms with E-state index in [9.17, 15) is 4.79 Å². The van der Waals surface area contributed by atoms with E-state index >= 15 is 0 Å². The summed E-state index contributed by atoms with van der Waals surface area (Å²) in [6, 6.07) is 15.9. The number of carbonyl (C=O) groups excluding carboxylic acids is 1. The number of aromatic nitrogens is 2. The second-order valence-electron chi connectivity index (χ2n) is 8.09. The third-order valence-electron chi connectivity index (χ3n) is 5.93. The van der Waals surface area contributed by atoms with Crippen molar-refractivity contribution in [2.24, 2.45) is 0 Å². The highest BCUT2D eigenvalue weighted by molar-refractivity contribution is 6.31. The van der Waals surface area contributed by atoms with Crippen molar-refractivity contribution in [1.29, 1.82) is 0 Å². The summed E-state index contributed by atoms with van der Waals surface area (Å²) >= 11 is 6.10. The summed E-state index contributed by atoms with van der Waals surface area (Å²) in [6.07, 6.45) is 4.44. The molecule has 2 aromatic carbocycles. The standard InChI is InChI=1S/C24H29ClN4O/c1-2-3-13-28-14-11-20(12-15-28)29(17-18-7-5-4-6-8-18)24(30)23-26-21-10-9-19(25)16-22(21)27-23/h4-10,16,20H,2-3,11-15,17H2,1H3,(H,26,27). The lowest BCUT2D eigenvalue weighted by Gasteiger charge is -2.38. The van der Waals surface area contributed by atoms with Crippen molar-refractivity contribution in [1.82, 2.24) is 19.8 Å². The predicted molar refractivity (Wildman–Crippen MR) is 122 cm³/mol.